The molecule has 2 rings (SSSR count). The van der Waals surface area contributed by atoms with Crippen molar-refractivity contribution in [3.8, 4) is 0 Å². The van der Waals surface area contributed by atoms with Crippen LogP contribution in [-0.2, 0) is 11.2 Å². The van der Waals surface area contributed by atoms with Gasteiger partial charge in [-0.05, 0) is 24.6 Å². The van der Waals surface area contributed by atoms with E-state index in [0.29, 0.717) is 16.5 Å². The highest BCUT2D eigenvalue weighted by molar-refractivity contribution is 6.45. The molecule has 1 N–H and O–H groups in total. The summed E-state index contributed by atoms with van der Waals surface area (Å²) >= 11 is 12.0. The average molecular weight is 242 g/mol. The second-order valence-electron chi connectivity index (χ2n) is 3.48. The Hall–Kier alpha value is -0.990. The number of nitrogens with one attached hydrogen (secondary N) is 1. The van der Waals surface area contributed by atoms with Crippen molar-refractivity contribution in [3.63, 3.8) is 0 Å². The molecule has 1 heterocycles. The number of carbonyl (C=O) groups is 1. The molecule has 0 spiro atoms. The number of ketones is 1. The Morgan fingerprint density at radius 1 is 1.40 bits per heavy atom. The Labute approximate surface area is 97.2 Å². The Bertz CT molecular complexity index is 531. The molecule has 0 aliphatic rings. The van der Waals surface area contributed by atoms with Crippen molar-refractivity contribution in [2.24, 2.45) is 0 Å². The molecule has 0 aliphatic carbocycles. The van der Waals surface area contributed by atoms with Gasteiger partial charge in [0.2, 0.25) is 0 Å². The number of hydrogen-bond donors (Lipinski definition) is 1. The molecule has 0 amide bonds. The third-order valence-electron chi connectivity index (χ3n) is 2.26. The maximum atomic E-state index is 11.1. The lowest BCUT2D eigenvalue weighted by molar-refractivity contribution is -0.116. The van der Waals surface area contributed by atoms with Gasteiger partial charge in [0.25, 0.3) is 0 Å². The van der Waals surface area contributed by atoms with Crippen LogP contribution in [0.25, 0.3) is 10.9 Å². The first-order valence-electron chi connectivity index (χ1n) is 4.53. The molecule has 0 radical (unpaired) electrons. The lowest BCUT2D eigenvalue weighted by Gasteiger charge is -2.00. The molecule has 15 heavy (non-hydrogen) atoms. The number of hydrogen-bond acceptors (Lipinski definition) is 1. The number of halogens is 2. The molecule has 0 saturated heterocycles. The number of aromatic nitrogens is 1. The summed E-state index contributed by atoms with van der Waals surface area (Å²) in [5.74, 6) is 0.104. The minimum absolute atomic E-state index is 0.104. The number of carbonyl (C=O) groups excluding carboxylic acids is 1. The standard InChI is InChI=1S/C11H9Cl2NO/c1-6(15)4-7-5-14-9-3-2-8(12)11(13)10(7)9/h2-3,5,14H,4H2,1H3. The monoisotopic (exact) mass is 241 g/mol. The van der Waals surface area contributed by atoms with Crippen LogP contribution < -0.4 is 0 Å². The fourth-order valence-corrected chi connectivity index (χ4v) is 2.07. The molecular formula is C11H9Cl2NO. The Morgan fingerprint density at radius 2 is 2.13 bits per heavy atom. The van der Waals surface area contributed by atoms with Crippen molar-refractivity contribution < 1.29 is 4.79 Å². The molecule has 0 bridgehead atoms. The first kappa shape index (κ1) is 10.5. The normalized spacial score (nSPS) is 10.9. The van der Waals surface area contributed by atoms with Crippen LogP contribution in [0.5, 0.6) is 0 Å². The van der Waals surface area contributed by atoms with Crippen LogP contribution in [0, 0.1) is 0 Å². The molecule has 1 aromatic heterocycles. The molecule has 1 aromatic carbocycles. The van der Waals surface area contributed by atoms with Gasteiger partial charge in [-0.3, -0.25) is 4.79 Å². The molecular weight excluding hydrogens is 233 g/mol. The number of benzene rings is 1. The summed E-state index contributed by atoms with van der Waals surface area (Å²) in [4.78, 5) is 14.1. The van der Waals surface area contributed by atoms with E-state index >= 15 is 0 Å². The minimum Gasteiger partial charge on any atom is -0.361 e. The Morgan fingerprint density at radius 3 is 2.80 bits per heavy atom. The van der Waals surface area contributed by atoms with Gasteiger partial charge in [-0.2, -0.15) is 0 Å². The first-order valence-corrected chi connectivity index (χ1v) is 5.28. The van der Waals surface area contributed by atoms with Gasteiger partial charge in [0, 0.05) is 23.5 Å². The summed E-state index contributed by atoms with van der Waals surface area (Å²) in [5.41, 5.74) is 1.80. The number of rotatable bonds is 2. The van der Waals surface area contributed by atoms with Gasteiger partial charge >= 0.3 is 0 Å². The predicted molar refractivity (Wildman–Crippen MR) is 62.7 cm³/mol. The lowest BCUT2D eigenvalue weighted by atomic mass is 10.1. The van der Waals surface area contributed by atoms with Crippen molar-refractivity contribution in [3.05, 3.63) is 33.9 Å². The number of Topliss-reactive ketones (excluding diaryl/α,β-unsaturated/α-hetero) is 1. The van der Waals surface area contributed by atoms with Crippen LogP contribution in [0.2, 0.25) is 10.0 Å². The largest absolute Gasteiger partial charge is 0.361 e. The Kier molecular flexibility index (Phi) is 2.72. The first-order chi connectivity index (χ1) is 7.09. The van der Waals surface area contributed by atoms with E-state index in [0.717, 1.165) is 16.5 Å². The average Bonchev–Trinajstić information content (AvgIpc) is 2.55. The van der Waals surface area contributed by atoms with Crippen LogP contribution in [-0.4, -0.2) is 10.8 Å². The predicted octanol–water partition coefficient (Wildman–Crippen LogP) is 3.61. The fraction of sp³-hybridized carbons (Fsp3) is 0.182. The van der Waals surface area contributed by atoms with Gasteiger partial charge in [-0.1, -0.05) is 23.2 Å². The summed E-state index contributed by atoms with van der Waals surface area (Å²) in [5, 5.41) is 1.86. The van der Waals surface area contributed by atoms with Gasteiger partial charge < -0.3 is 4.98 Å². The number of aromatic amines is 1. The maximum absolute atomic E-state index is 11.1. The number of H-pyrrole nitrogens is 1. The quantitative estimate of drug-likeness (QED) is 0.857. The van der Waals surface area contributed by atoms with E-state index in [-0.39, 0.29) is 5.78 Å². The van der Waals surface area contributed by atoms with Gasteiger partial charge in [0.05, 0.1) is 10.0 Å². The third kappa shape index (κ3) is 1.87. The molecule has 2 nitrogen and oxygen atoms in total. The van der Waals surface area contributed by atoms with Crippen molar-refractivity contribution in [2.45, 2.75) is 13.3 Å². The molecule has 2 aromatic rings. The summed E-state index contributed by atoms with van der Waals surface area (Å²) in [6, 6.07) is 3.59. The van der Waals surface area contributed by atoms with E-state index in [9.17, 15) is 4.79 Å². The van der Waals surface area contributed by atoms with Crippen LogP contribution in [0.1, 0.15) is 12.5 Å². The second-order valence-corrected chi connectivity index (χ2v) is 4.26. The van der Waals surface area contributed by atoms with E-state index in [1.54, 1.807) is 19.2 Å². The van der Waals surface area contributed by atoms with Crippen molar-refractivity contribution in [1.29, 1.82) is 0 Å². The summed E-state index contributed by atoms with van der Waals surface area (Å²) in [6.45, 7) is 1.55. The number of fused-ring (bicyclic) bond motifs is 1. The highest BCUT2D eigenvalue weighted by Gasteiger charge is 2.11. The molecule has 78 valence electrons. The SMILES string of the molecule is CC(=O)Cc1c[nH]c2ccc(Cl)c(Cl)c12. The molecule has 4 heteroatoms. The summed E-state index contributed by atoms with van der Waals surface area (Å²) in [6.07, 6.45) is 2.17. The van der Waals surface area contributed by atoms with E-state index < -0.39 is 0 Å². The smallest absolute Gasteiger partial charge is 0.134 e. The van der Waals surface area contributed by atoms with Gasteiger partial charge in [0.1, 0.15) is 5.78 Å². The highest BCUT2D eigenvalue weighted by atomic mass is 35.5. The van der Waals surface area contributed by atoms with Crippen LogP contribution >= 0.6 is 23.2 Å². The van der Waals surface area contributed by atoms with Crippen LogP contribution in [0.3, 0.4) is 0 Å². The van der Waals surface area contributed by atoms with E-state index in [2.05, 4.69) is 4.98 Å². The molecule has 0 aliphatic heterocycles. The van der Waals surface area contributed by atoms with Gasteiger partial charge in [-0.25, -0.2) is 0 Å². The van der Waals surface area contributed by atoms with Gasteiger partial charge in [0.15, 0.2) is 0 Å². The molecule has 0 atom stereocenters. The van der Waals surface area contributed by atoms with E-state index in [1.165, 1.54) is 0 Å². The van der Waals surface area contributed by atoms with E-state index in [1.807, 2.05) is 6.07 Å². The van der Waals surface area contributed by atoms with E-state index in [4.69, 9.17) is 23.2 Å². The van der Waals surface area contributed by atoms with Crippen LogP contribution in [0.15, 0.2) is 18.3 Å². The fourth-order valence-electron chi connectivity index (χ4n) is 1.63. The second kappa shape index (κ2) is 3.87. The topological polar surface area (TPSA) is 32.9 Å². The van der Waals surface area contributed by atoms with Crippen molar-refractivity contribution >= 4 is 39.9 Å². The summed E-state index contributed by atoms with van der Waals surface area (Å²) < 4.78 is 0. The summed E-state index contributed by atoms with van der Waals surface area (Å²) in [7, 11) is 0. The minimum atomic E-state index is 0.104. The van der Waals surface area contributed by atoms with Crippen molar-refractivity contribution in [1.82, 2.24) is 4.98 Å². The molecule has 0 unspecified atom stereocenters. The van der Waals surface area contributed by atoms with Crippen molar-refractivity contribution in [2.75, 3.05) is 0 Å². The highest BCUT2D eigenvalue weighted by Crippen LogP contribution is 2.33. The Balaban J connectivity index is 2.66. The zero-order valence-electron chi connectivity index (χ0n) is 8.10. The van der Waals surface area contributed by atoms with Crippen LogP contribution in [0.4, 0.5) is 0 Å². The van der Waals surface area contributed by atoms with Gasteiger partial charge in [-0.15, -0.1) is 0 Å². The third-order valence-corrected chi connectivity index (χ3v) is 3.06. The molecule has 0 saturated carbocycles. The maximum Gasteiger partial charge on any atom is 0.134 e. The zero-order valence-corrected chi connectivity index (χ0v) is 9.62. The lowest BCUT2D eigenvalue weighted by Crippen LogP contribution is -1.94. The molecule has 0 fully saturated rings. The zero-order chi connectivity index (χ0) is 11.0.